The number of hydrogen-bond acceptors (Lipinski definition) is 5. The van der Waals surface area contributed by atoms with Crippen molar-refractivity contribution in [2.45, 2.75) is 39.3 Å². The second-order valence-electron chi connectivity index (χ2n) is 3.83. The predicted molar refractivity (Wildman–Crippen MR) is 56.3 cm³/mol. The van der Waals surface area contributed by atoms with Gasteiger partial charge in [-0.1, -0.05) is 12.1 Å². The molecule has 0 aliphatic carbocycles. The molecule has 0 aliphatic heterocycles. The first-order valence-electron chi connectivity index (χ1n) is 5.30. The van der Waals surface area contributed by atoms with Gasteiger partial charge in [0.25, 0.3) is 0 Å². The van der Waals surface area contributed by atoms with Crippen LogP contribution in [0.15, 0.2) is 4.52 Å². The van der Waals surface area contributed by atoms with Crippen molar-refractivity contribution in [1.82, 2.24) is 15.0 Å². The molecule has 0 saturated heterocycles. The van der Waals surface area contributed by atoms with Gasteiger partial charge in [-0.25, -0.2) is 0 Å². The standard InChI is InChI=1S/C10H19N3O2/c1-4-10-11-9(12-15-10)7-13(3)6-5-8(2)14/h8,14H,4-7H2,1-3H3/t8-/m1/s1. The second-order valence-corrected chi connectivity index (χ2v) is 3.83. The van der Waals surface area contributed by atoms with Crippen molar-refractivity contribution in [3.05, 3.63) is 11.7 Å². The van der Waals surface area contributed by atoms with Crippen molar-refractivity contribution in [3.63, 3.8) is 0 Å². The van der Waals surface area contributed by atoms with Crippen molar-refractivity contribution < 1.29 is 9.63 Å². The van der Waals surface area contributed by atoms with Crippen molar-refractivity contribution in [2.75, 3.05) is 13.6 Å². The Morgan fingerprint density at radius 1 is 1.53 bits per heavy atom. The molecule has 15 heavy (non-hydrogen) atoms. The van der Waals surface area contributed by atoms with Gasteiger partial charge in [-0.2, -0.15) is 4.98 Å². The van der Waals surface area contributed by atoms with Gasteiger partial charge in [0.1, 0.15) is 0 Å². The highest BCUT2D eigenvalue weighted by atomic mass is 16.5. The summed E-state index contributed by atoms with van der Waals surface area (Å²) in [6.07, 6.45) is 1.27. The van der Waals surface area contributed by atoms with E-state index in [2.05, 4.69) is 15.0 Å². The third kappa shape index (κ3) is 4.40. The number of nitrogens with zero attached hydrogens (tertiary/aromatic N) is 3. The lowest BCUT2D eigenvalue weighted by molar-refractivity contribution is 0.161. The molecule has 0 amide bonds. The Labute approximate surface area is 90.1 Å². The number of aliphatic hydroxyl groups is 1. The summed E-state index contributed by atoms with van der Waals surface area (Å²) in [5.41, 5.74) is 0. The molecule has 1 atom stereocenters. The normalized spacial score (nSPS) is 13.4. The first-order valence-corrected chi connectivity index (χ1v) is 5.30. The summed E-state index contributed by atoms with van der Waals surface area (Å²) in [6.45, 7) is 5.26. The van der Waals surface area contributed by atoms with Gasteiger partial charge in [0.15, 0.2) is 5.82 Å². The van der Waals surface area contributed by atoms with Gasteiger partial charge in [0.2, 0.25) is 5.89 Å². The zero-order valence-electron chi connectivity index (χ0n) is 9.60. The fourth-order valence-corrected chi connectivity index (χ4v) is 1.23. The van der Waals surface area contributed by atoms with E-state index in [1.165, 1.54) is 0 Å². The van der Waals surface area contributed by atoms with Gasteiger partial charge < -0.3 is 9.63 Å². The van der Waals surface area contributed by atoms with Crippen LogP contribution in [0.2, 0.25) is 0 Å². The molecule has 0 saturated carbocycles. The van der Waals surface area contributed by atoms with Crippen LogP contribution in [-0.2, 0) is 13.0 Å². The van der Waals surface area contributed by atoms with Crippen LogP contribution in [0.5, 0.6) is 0 Å². The third-order valence-corrected chi connectivity index (χ3v) is 2.15. The molecule has 0 bridgehead atoms. The van der Waals surface area contributed by atoms with E-state index in [4.69, 9.17) is 9.63 Å². The van der Waals surface area contributed by atoms with Gasteiger partial charge in [-0.3, -0.25) is 4.90 Å². The molecular weight excluding hydrogens is 194 g/mol. The molecule has 1 rings (SSSR count). The highest BCUT2D eigenvalue weighted by molar-refractivity contribution is 4.85. The van der Waals surface area contributed by atoms with E-state index in [1.807, 2.05) is 14.0 Å². The molecule has 1 N–H and O–H groups in total. The van der Waals surface area contributed by atoms with Crippen molar-refractivity contribution in [2.24, 2.45) is 0 Å². The van der Waals surface area contributed by atoms with Gasteiger partial charge in [0.05, 0.1) is 12.6 Å². The van der Waals surface area contributed by atoms with Crippen LogP contribution < -0.4 is 0 Å². The maximum atomic E-state index is 9.13. The minimum absolute atomic E-state index is 0.260. The molecule has 86 valence electrons. The fraction of sp³-hybridized carbons (Fsp3) is 0.800. The third-order valence-electron chi connectivity index (χ3n) is 2.15. The zero-order chi connectivity index (χ0) is 11.3. The Morgan fingerprint density at radius 3 is 2.80 bits per heavy atom. The molecular formula is C10H19N3O2. The highest BCUT2D eigenvalue weighted by Gasteiger charge is 2.08. The van der Waals surface area contributed by atoms with E-state index >= 15 is 0 Å². The second kappa shape index (κ2) is 5.82. The van der Waals surface area contributed by atoms with E-state index in [1.54, 1.807) is 6.92 Å². The van der Waals surface area contributed by atoms with Crippen molar-refractivity contribution in [1.29, 1.82) is 0 Å². The van der Waals surface area contributed by atoms with E-state index in [9.17, 15) is 0 Å². The summed E-state index contributed by atoms with van der Waals surface area (Å²) < 4.78 is 5.00. The smallest absolute Gasteiger partial charge is 0.226 e. The maximum absolute atomic E-state index is 9.13. The lowest BCUT2D eigenvalue weighted by Gasteiger charge is -2.14. The molecule has 1 heterocycles. The average molecular weight is 213 g/mol. The topological polar surface area (TPSA) is 62.4 Å². The number of rotatable bonds is 6. The van der Waals surface area contributed by atoms with Crippen LogP contribution in [-0.4, -0.2) is 39.8 Å². The monoisotopic (exact) mass is 213 g/mol. The fourth-order valence-electron chi connectivity index (χ4n) is 1.23. The molecule has 0 spiro atoms. The first kappa shape index (κ1) is 12.1. The van der Waals surface area contributed by atoms with E-state index in [0.29, 0.717) is 18.3 Å². The minimum Gasteiger partial charge on any atom is -0.393 e. The Morgan fingerprint density at radius 2 is 2.27 bits per heavy atom. The molecule has 1 aromatic rings. The summed E-state index contributed by atoms with van der Waals surface area (Å²) in [4.78, 5) is 6.28. The molecule has 0 fully saturated rings. The predicted octanol–water partition coefficient (Wildman–Crippen LogP) is 0.835. The summed E-state index contributed by atoms with van der Waals surface area (Å²) in [5.74, 6) is 1.38. The summed E-state index contributed by atoms with van der Waals surface area (Å²) >= 11 is 0. The van der Waals surface area contributed by atoms with Crippen LogP contribution in [0, 0.1) is 0 Å². The van der Waals surface area contributed by atoms with E-state index in [0.717, 1.165) is 19.4 Å². The molecule has 1 aromatic heterocycles. The highest BCUT2D eigenvalue weighted by Crippen LogP contribution is 2.02. The Bertz CT molecular complexity index is 286. The Balaban J connectivity index is 2.33. The van der Waals surface area contributed by atoms with Crippen LogP contribution >= 0.6 is 0 Å². The largest absolute Gasteiger partial charge is 0.393 e. The van der Waals surface area contributed by atoms with E-state index in [-0.39, 0.29) is 6.10 Å². The first-order chi connectivity index (χ1) is 7.11. The van der Waals surface area contributed by atoms with Crippen molar-refractivity contribution >= 4 is 0 Å². The minimum atomic E-state index is -0.260. The van der Waals surface area contributed by atoms with Crippen LogP contribution in [0.4, 0.5) is 0 Å². The maximum Gasteiger partial charge on any atom is 0.226 e. The SMILES string of the molecule is CCc1nc(CN(C)CC[C@@H](C)O)no1. The molecule has 0 radical (unpaired) electrons. The van der Waals surface area contributed by atoms with Gasteiger partial charge in [-0.15, -0.1) is 0 Å². The molecule has 5 heteroatoms. The summed E-state index contributed by atoms with van der Waals surface area (Å²) in [7, 11) is 1.98. The van der Waals surface area contributed by atoms with Gasteiger partial charge in [0, 0.05) is 13.0 Å². The number of aliphatic hydroxyl groups excluding tert-OH is 1. The number of hydrogen-bond donors (Lipinski definition) is 1. The zero-order valence-corrected chi connectivity index (χ0v) is 9.60. The summed E-state index contributed by atoms with van der Waals surface area (Å²) in [6, 6.07) is 0. The number of aromatic nitrogens is 2. The van der Waals surface area contributed by atoms with Crippen LogP contribution in [0.3, 0.4) is 0 Å². The van der Waals surface area contributed by atoms with E-state index < -0.39 is 0 Å². The molecule has 0 aliphatic rings. The van der Waals surface area contributed by atoms with Crippen molar-refractivity contribution in [3.8, 4) is 0 Å². The van der Waals surface area contributed by atoms with Gasteiger partial charge >= 0.3 is 0 Å². The van der Waals surface area contributed by atoms with Gasteiger partial charge in [-0.05, 0) is 20.4 Å². The lowest BCUT2D eigenvalue weighted by atomic mass is 10.3. The van der Waals surface area contributed by atoms with Crippen LogP contribution in [0.25, 0.3) is 0 Å². The Hall–Kier alpha value is -0.940. The quantitative estimate of drug-likeness (QED) is 0.758. The lowest BCUT2D eigenvalue weighted by Crippen LogP contribution is -2.22. The molecule has 0 aromatic carbocycles. The Kier molecular flexibility index (Phi) is 4.71. The molecule has 5 nitrogen and oxygen atoms in total. The number of aryl methyl sites for hydroxylation is 1. The summed E-state index contributed by atoms with van der Waals surface area (Å²) in [5, 5.41) is 13.0. The average Bonchev–Trinajstić information content (AvgIpc) is 2.62. The van der Waals surface area contributed by atoms with Crippen LogP contribution in [0.1, 0.15) is 32.0 Å². The molecule has 0 unspecified atom stereocenters.